The van der Waals surface area contributed by atoms with Crippen molar-refractivity contribution in [1.29, 1.82) is 0 Å². The van der Waals surface area contributed by atoms with Crippen LogP contribution in [0.1, 0.15) is 33.0 Å². The second-order valence-electron chi connectivity index (χ2n) is 7.86. The van der Waals surface area contributed by atoms with E-state index < -0.39 is 12.1 Å². The fraction of sp³-hybridized carbons (Fsp3) is 0.192. The van der Waals surface area contributed by atoms with E-state index in [9.17, 15) is 23.1 Å². The minimum atomic E-state index is -4.59. The molecule has 2 heterocycles. The number of alkyl halides is 3. The molecule has 4 rings (SSSR count). The molecule has 0 saturated heterocycles. The summed E-state index contributed by atoms with van der Waals surface area (Å²) in [6, 6.07) is 13.7. The van der Waals surface area contributed by atoms with Crippen molar-refractivity contribution in [3.63, 3.8) is 0 Å². The number of aromatic nitrogens is 3. The van der Waals surface area contributed by atoms with Gasteiger partial charge in [-0.25, -0.2) is 14.8 Å². The van der Waals surface area contributed by atoms with E-state index in [1.165, 1.54) is 12.0 Å². The largest absolute Gasteiger partial charge is 0.478 e. The van der Waals surface area contributed by atoms with Gasteiger partial charge in [0.15, 0.2) is 5.65 Å². The number of carbonyl (C=O) groups is 1. The summed E-state index contributed by atoms with van der Waals surface area (Å²) in [6.45, 7) is 5.70. The monoisotopic (exact) mass is 463 g/mol. The highest BCUT2D eigenvalue weighted by molar-refractivity contribution is 5.96. The second-order valence-corrected chi connectivity index (χ2v) is 7.86. The van der Waals surface area contributed by atoms with Crippen molar-refractivity contribution in [2.24, 2.45) is 0 Å². The molecule has 0 bridgehead atoms. The lowest BCUT2D eigenvalue weighted by atomic mass is 9.99. The summed E-state index contributed by atoms with van der Waals surface area (Å²) in [5.41, 5.74) is 5.87. The molecule has 0 aliphatic rings. The Hall–Kier alpha value is -4.12. The van der Waals surface area contributed by atoms with Crippen LogP contribution in [0.3, 0.4) is 0 Å². The molecule has 0 aliphatic carbocycles. The number of aryl methyl sites for hydroxylation is 2. The Morgan fingerprint density at radius 2 is 1.68 bits per heavy atom. The number of nitrogens with zero attached hydrogens (tertiary/aromatic N) is 3. The van der Waals surface area contributed by atoms with Crippen LogP contribution in [-0.2, 0) is 6.42 Å². The van der Waals surface area contributed by atoms with E-state index in [-0.39, 0.29) is 12.0 Å². The van der Waals surface area contributed by atoms with E-state index in [0.29, 0.717) is 33.8 Å². The van der Waals surface area contributed by atoms with Crippen LogP contribution < -0.4 is 0 Å². The third-order valence-corrected chi connectivity index (χ3v) is 5.73. The zero-order chi connectivity index (χ0) is 24.6. The Balaban J connectivity index is 1.87. The highest BCUT2D eigenvalue weighted by Gasteiger charge is 2.23. The van der Waals surface area contributed by atoms with Crippen LogP contribution >= 0.6 is 0 Å². The molecule has 172 valence electrons. The number of benzene rings is 2. The number of aromatic carboxylic acids is 1. The average Bonchev–Trinajstić information content (AvgIpc) is 3.15. The highest BCUT2D eigenvalue weighted by atomic mass is 19.4. The highest BCUT2D eigenvalue weighted by Crippen LogP contribution is 2.29. The van der Waals surface area contributed by atoms with Crippen molar-refractivity contribution in [3.05, 3.63) is 76.7 Å². The van der Waals surface area contributed by atoms with E-state index >= 15 is 0 Å². The zero-order valence-electron chi connectivity index (χ0n) is 18.7. The standard InChI is InChI=1S/C26H20F3N3O2/c1-15-16(2)23-24(30-17(15)3)32(22(31-23)9-6-14-26(27,28)29)19-12-10-18(11-13-19)20-7-4-5-8-21(20)25(33)34/h4-5,7-8,10-13H,9H2,1-3H3,(H,33,34). The van der Waals surface area contributed by atoms with E-state index in [1.807, 2.05) is 20.8 Å². The van der Waals surface area contributed by atoms with Crippen LogP contribution in [-0.4, -0.2) is 31.8 Å². The van der Waals surface area contributed by atoms with Gasteiger partial charge in [-0.1, -0.05) is 36.3 Å². The smallest absolute Gasteiger partial charge is 0.457 e. The van der Waals surface area contributed by atoms with Gasteiger partial charge in [-0.15, -0.1) is 0 Å². The molecule has 0 aliphatic heterocycles. The summed E-state index contributed by atoms with van der Waals surface area (Å²) in [4.78, 5) is 20.8. The number of hydrogen-bond acceptors (Lipinski definition) is 3. The number of carboxylic acids is 1. The Morgan fingerprint density at radius 3 is 2.32 bits per heavy atom. The van der Waals surface area contributed by atoms with E-state index in [4.69, 9.17) is 0 Å². The van der Waals surface area contributed by atoms with Gasteiger partial charge in [0.25, 0.3) is 0 Å². The van der Waals surface area contributed by atoms with Gasteiger partial charge in [0.2, 0.25) is 0 Å². The lowest BCUT2D eigenvalue weighted by Crippen LogP contribution is -2.05. The second kappa shape index (κ2) is 8.67. The molecule has 0 atom stereocenters. The first-order valence-electron chi connectivity index (χ1n) is 10.4. The van der Waals surface area contributed by atoms with Crippen molar-refractivity contribution in [2.75, 3.05) is 0 Å². The minimum absolute atomic E-state index is 0.176. The van der Waals surface area contributed by atoms with Crippen LogP contribution in [0.15, 0.2) is 48.5 Å². The predicted octanol–water partition coefficient (Wildman–Crippen LogP) is 5.82. The molecule has 2 aromatic heterocycles. The lowest BCUT2D eigenvalue weighted by Gasteiger charge is -2.11. The van der Waals surface area contributed by atoms with Gasteiger partial charge in [0.05, 0.1) is 12.0 Å². The van der Waals surface area contributed by atoms with Crippen molar-refractivity contribution < 1.29 is 23.1 Å². The van der Waals surface area contributed by atoms with E-state index in [0.717, 1.165) is 16.8 Å². The molecule has 8 heteroatoms. The van der Waals surface area contributed by atoms with Gasteiger partial charge in [0.1, 0.15) is 11.3 Å². The number of rotatable bonds is 4. The molecule has 0 fully saturated rings. The molecule has 5 nitrogen and oxygen atoms in total. The van der Waals surface area contributed by atoms with Crippen LogP contribution in [0, 0.1) is 32.6 Å². The fourth-order valence-corrected chi connectivity index (χ4v) is 3.83. The minimum Gasteiger partial charge on any atom is -0.478 e. The van der Waals surface area contributed by atoms with E-state index in [1.54, 1.807) is 47.0 Å². The van der Waals surface area contributed by atoms with Crippen LogP contribution in [0.4, 0.5) is 13.2 Å². The maximum atomic E-state index is 12.6. The topological polar surface area (TPSA) is 68.0 Å². The summed E-state index contributed by atoms with van der Waals surface area (Å²) in [6.07, 6.45) is -4.80. The third kappa shape index (κ3) is 4.37. The first-order chi connectivity index (χ1) is 16.1. The average molecular weight is 463 g/mol. The molecular weight excluding hydrogens is 443 g/mol. The van der Waals surface area contributed by atoms with Crippen molar-refractivity contribution >= 4 is 17.1 Å². The SMILES string of the molecule is Cc1nc2c(nc(CC#CC(F)(F)F)n2-c2ccc(-c3ccccc3C(=O)O)cc2)c(C)c1C. The molecule has 34 heavy (non-hydrogen) atoms. The first kappa shape index (κ1) is 23.1. The van der Waals surface area contributed by atoms with Crippen molar-refractivity contribution in [1.82, 2.24) is 14.5 Å². The maximum Gasteiger partial charge on any atom is 0.457 e. The predicted molar refractivity (Wildman–Crippen MR) is 123 cm³/mol. The Labute approximate surface area is 193 Å². The summed E-state index contributed by atoms with van der Waals surface area (Å²) in [7, 11) is 0. The summed E-state index contributed by atoms with van der Waals surface area (Å²) in [5.74, 6) is 2.77. The molecule has 1 N–H and O–H groups in total. The molecule has 4 aromatic rings. The van der Waals surface area contributed by atoms with Gasteiger partial charge in [0, 0.05) is 17.3 Å². The number of hydrogen-bond donors (Lipinski definition) is 1. The maximum absolute atomic E-state index is 12.6. The van der Waals surface area contributed by atoms with Gasteiger partial charge in [-0.05, 0) is 61.2 Å². The van der Waals surface area contributed by atoms with Crippen LogP contribution in [0.2, 0.25) is 0 Å². The Morgan fingerprint density at radius 1 is 1.00 bits per heavy atom. The van der Waals surface area contributed by atoms with Gasteiger partial charge in [-0.2, -0.15) is 13.2 Å². The van der Waals surface area contributed by atoms with E-state index in [2.05, 4.69) is 15.9 Å². The molecule has 0 unspecified atom stereocenters. The van der Waals surface area contributed by atoms with Crippen LogP contribution in [0.5, 0.6) is 0 Å². The van der Waals surface area contributed by atoms with Crippen LogP contribution in [0.25, 0.3) is 28.0 Å². The normalized spacial score (nSPS) is 11.4. The third-order valence-electron chi connectivity index (χ3n) is 5.73. The van der Waals surface area contributed by atoms with Crippen molar-refractivity contribution in [3.8, 4) is 28.7 Å². The molecule has 0 spiro atoms. The van der Waals surface area contributed by atoms with Gasteiger partial charge >= 0.3 is 12.1 Å². The number of pyridine rings is 1. The number of fused-ring (bicyclic) bond motifs is 1. The molecule has 0 radical (unpaired) electrons. The quantitative estimate of drug-likeness (QED) is 0.387. The zero-order valence-corrected chi connectivity index (χ0v) is 18.7. The van der Waals surface area contributed by atoms with Gasteiger partial charge in [-0.3, -0.25) is 4.57 Å². The Kier molecular flexibility index (Phi) is 5.88. The molecule has 0 saturated carbocycles. The first-order valence-corrected chi connectivity index (χ1v) is 10.4. The Bertz CT molecular complexity index is 1470. The summed E-state index contributed by atoms with van der Waals surface area (Å²) >= 11 is 0. The number of imidazole rings is 1. The number of carboxylic acid groups (broad SMARTS) is 1. The van der Waals surface area contributed by atoms with Crippen molar-refractivity contribution in [2.45, 2.75) is 33.4 Å². The summed E-state index contributed by atoms with van der Waals surface area (Å²) in [5, 5.41) is 9.49. The van der Waals surface area contributed by atoms with Gasteiger partial charge < -0.3 is 5.11 Å². The fourth-order valence-electron chi connectivity index (χ4n) is 3.83. The molecular formula is C26H20F3N3O2. The summed E-state index contributed by atoms with van der Waals surface area (Å²) < 4.78 is 39.5. The molecule has 0 amide bonds. The molecule has 2 aromatic carbocycles. The lowest BCUT2D eigenvalue weighted by molar-refractivity contribution is -0.0697. The number of halogens is 3.